The van der Waals surface area contributed by atoms with Gasteiger partial charge in [0.25, 0.3) is 0 Å². The number of unbranched alkanes of at least 4 members (excludes halogenated alkanes) is 2. The number of hydrogen-bond donors (Lipinski definition) is 0. The van der Waals surface area contributed by atoms with Crippen LogP contribution in [0.1, 0.15) is 31.7 Å². The van der Waals surface area contributed by atoms with Crippen molar-refractivity contribution in [2.45, 2.75) is 33.1 Å². The number of ether oxygens (including phenoxy) is 1. The van der Waals surface area contributed by atoms with E-state index in [1.165, 1.54) is 6.07 Å². The lowest BCUT2D eigenvalue weighted by Crippen LogP contribution is -1.99. The lowest BCUT2D eigenvalue weighted by Gasteiger charge is -2.06. The maximum atomic E-state index is 13.2. The van der Waals surface area contributed by atoms with Crippen molar-refractivity contribution in [2.75, 3.05) is 6.61 Å². The molecule has 1 aromatic rings. The summed E-state index contributed by atoms with van der Waals surface area (Å²) in [6.45, 7) is 4.60. The van der Waals surface area contributed by atoms with Gasteiger partial charge in [0.2, 0.25) is 0 Å². The van der Waals surface area contributed by atoms with E-state index in [0.29, 0.717) is 12.4 Å². The SMILES string of the molecule is CCCCCOc1ccc(C)cc1F. The van der Waals surface area contributed by atoms with Gasteiger partial charge in [0, 0.05) is 0 Å². The molecule has 0 saturated carbocycles. The van der Waals surface area contributed by atoms with E-state index in [1.54, 1.807) is 6.07 Å². The fourth-order valence-corrected chi connectivity index (χ4v) is 1.26. The number of halogens is 1. The van der Waals surface area contributed by atoms with Crippen molar-refractivity contribution in [1.29, 1.82) is 0 Å². The highest BCUT2D eigenvalue weighted by atomic mass is 19.1. The minimum Gasteiger partial charge on any atom is -0.491 e. The molecule has 0 aliphatic carbocycles. The van der Waals surface area contributed by atoms with Crippen LogP contribution in [0.3, 0.4) is 0 Å². The Balaban J connectivity index is 2.42. The third-order valence-electron chi connectivity index (χ3n) is 2.09. The average molecular weight is 196 g/mol. The summed E-state index contributed by atoms with van der Waals surface area (Å²) < 4.78 is 18.6. The van der Waals surface area contributed by atoms with Gasteiger partial charge in [0.1, 0.15) is 0 Å². The van der Waals surface area contributed by atoms with E-state index >= 15 is 0 Å². The van der Waals surface area contributed by atoms with Crippen molar-refractivity contribution in [3.8, 4) is 5.75 Å². The van der Waals surface area contributed by atoms with Crippen LogP contribution >= 0.6 is 0 Å². The zero-order chi connectivity index (χ0) is 10.4. The Morgan fingerprint density at radius 3 is 2.71 bits per heavy atom. The highest BCUT2D eigenvalue weighted by Gasteiger charge is 2.02. The van der Waals surface area contributed by atoms with E-state index in [2.05, 4.69) is 6.92 Å². The Hall–Kier alpha value is -1.05. The van der Waals surface area contributed by atoms with Gasteiger partial charge < -0.3 is 4.74 Å². The smallest absolute Gasteiger partial charge is 0.165 e. The first kappa shape index (κ1) is 11.0. The molecule has 14 heavy (non-hydrogen) atoms. The molecule has 0 bridgehead atoms. The molecule has 78 valence electrons. The summed E-state index contributed by atoms with van der Waals surface area (Å²) in [5, 5.41) is 0. The zero-order valence-electron chi connectivity index (χ0n) is 8.85. The molecule has 0 saturated heterocycles. The Morgan fingerprint density at radius 1 is 1.29 bits per heavy atom. The van der Waals surface area contributed by atoms with Crippen molar-refractivity contribution < 1.29 is 9.13 Å². The second kappa shape index (κ2) is 5.63. The number of benzene rings is 1. The van der Waals surface area contributed by atoms with Crippen LogP contribution < -0.4 is 4.74 Å². The summed E-state index contributed by atoms with van der Waals surface area (Å²) in [5.74, 6) is 0.105. The fraction of sp³-hybridized carbons (Fsp3) is 0.500. The Labute approximate surface area is 84.9 Å². The molecule has 1 rings (SSSR count). The van der Waals surface area contributed by atoms with Crippen LogP contribution in [0.15, 0.2) is 18.2 Å². The highest BCUT2D eigenvalue weighted by Crippen LogP contribution is 2.18. The van der Waals surface area contributed by atoms with Gasteiger partial charge in [-0.2, -0.15) is 0 Å². The summed E-state index contributed by atoms with van der Waals surface area (Å²) in [6, 6.07) is 5.05. The van der Waals surface area contributed by atoms with Gasteiger partial charge in [-0.3, -0.25) is 0 Å². The summed E-state index contributed by atoms with van der Waals surface area (Å²) in [7, 11) is 0. The van der Waals surface area contributed by atoms with Gasteiger partial charge in [-0.1, -0.05) is 25.8 Å². The third-order valence-corrected chi connectivity index (χ3v) is 2.09. The Bertz CT molecular complexity index is 284. The lowest BCUT2D eigenvalue weighted by atomic mass is 10.2. The normalized spacial score (nSPS) is 10.2. The average Bonchev–Trinajstić information content (AvgIpc) is 2.15. The van der Waals surface area contributed by atoms with Crippen LogP contribution in [0.2, 0.25) is 0 Å². The number of aryl methyl sites for hydroxylation is 1. The molecule has 1 nitrogen and oxygen atoms in total. The molecule has 0 amide bonds. The van der Waals surface area contributed by atoms with Gasteiger partial charge in [-0.25, -0.2) is 4.39 Å². The predicted octanol–water partition coefficient (Wildman–Crippen LogP) is 3.70. The van der Waals surface area contributed by atoms with Gasteiger partial charge in [-0.05, 0) is 31.0 Å². The monoisotopic (exact) mass is 196 g/mol. The second-order valence-electron chi connectivity index (χ2n) is 3.49. The molecule has 0 fully saturated rings. The first-order chi connectivity index (χ1) is 6.74. The highest BCUT2D eigenvalue weighted by molar-refractivity contribution is 5.28. The van der Waals surface area contributed by atoms with E-state index in [1.807, 2.05) is 13.0 Å². The predicted molar refractivity (Wildman–Crippen MR) is 56.2 cm³/mol. The van der Waals surface area contributed by atoms with E-state index in [4.69, 9.17) is 4.74 Å². The van der Waals surface area contributed by atoms with Gasteiger partial charge in [0.05, 0.1) is 6.61 Å². The molecule has 1 aromatic carbocycles. The summed E-state index contributed by atoms with van der Waals surface area (Å²) >= 11 is 0. The first-order valence-electron chi connectivity index (χ1n) is 5.13. The molecule has 0 heterocycles. The molecule has 0 radical (unpaired) electrons. The van der Waals surface area contributed by atoms with Crippen molar-refractivity contribution >= 4 is 0 Å². The fourth-order valence-electron chi connectivity index (χ4n) is 1.26. The van der Waals surface area contributed by atoms with Crippen molar-refractivity contribution in [2.24, 2.45) is 0 Å². The maximum Gasteiger partial charge on any atom is 0.165 e. The van der Waals surface area contributed by atoms with Crippen LogP contribution in [-0.4, -0.2) is 6.61 Å². The van der Waals surface area contributed by atoms with E-state index < -0.39 is 0 Å². The molecule has 0 aromatic heterocycles. The standard InChI is InChI=1S/C12H17FO/c1-3-4-5-8-14-12-7-6-10(2)9-11(12)13/h6-7,9H,3-5,8H2,1-2H3. The number of rotatable bonds is 5. The van der Waals surface area contributed by atoms with Crippen molar-refractivity contribution in [3.05, 3.63) is 29.6 Å². The number of hydrogen-bond acceptors (Lipinski definition) is 1. The molecule has 2 heteroatoms. The van der Waals surface area contributed by atoms with Gasteiger partial charge in [0.15, 0.2) is 11.6 Å². The van der Waals surface area contributed by atoms with Crippen LogP contribution in [0, 0.1) is 12.7 Å². The van der Waals surface area contributed by atoms with Crippen molar-refractivity contribution in [3.63, 3.8) is 0 Å². The molecule has 0 N–H and O–H groups in total. The minimum absolute atomic E-state index is 0.263. The summed E-state index contributed by atoms with van der Waals surface area (Å²) in [5.41, 5.74) is 0.920. The largest absolute Gasteiger partial charge is 0.491 e. The third kappa shape index (κ3) is 3.36. The minimum atomic E-state index is -0.263. The lowest BCUT2D eigenvalue weighted by molar-refractivity contribution is 0.291. The van der Waals surface area contributed by atoms with E-state index in [9.17, 15) is 4.39 Å². The molecule has 0 atom stereocenters. The summed E-state index contributed by atoms with van der Waals surface area (Å²) in [4.78, 5) is 0. The van der Waals surface area contributed by atoms with Gasteiger partial charge in [-0.15, -0.1) is 0 Å². The molecule has 0 spiro atoms. The maximum absolute atomic E-state index is 13.2. The van der Waals surface area contributed by atoms with Crippen LogP contribution in [-0.2, 0) is 0 Å². The molecular weight excluding hydrogens is 179 g/mol. The Kier molecular flexibility index (Phi) is 4.44. The topological polar surface area (TPSA) is 9.23 Å². The second-order valence-corrected chi connectivity index (χ2v) is 3.49. The Morgan fingerprint density at radius 2 is 2.07 bits per heavy atom. The van der Waals surface area contributed by atoms with Crippen LogP contribution in [0.4, 0.5) is 4.39 Å². The van der Waals surface area contributed by atoms with Gasteiger partial charge >= 0.3 is 0 Å². The molecule has 0 aliphatic heterocycles. The molecule has 0 unspecified atom stereocenters. The van der Waals surface area contributed by atoms with Crippen LogP contribution in [0.5, 0.6) is 5.75 Å². The quantitative estimate of drug-likeness (QED) is 0.652. The van der Waals surface area contributed by atoms with Crippen LogP contribution in [0.25, 0.3) is 0 Å². The van der Waals surface area contributed by atoms with Crippen molar-refractivity contribution in [1.82, 2.24) is 0 Å². The zero-order valence-corrected chi connectivity index (χ0v) is 8.85. The summed E-state index contributed by atoms with van der Waals surface area (Å²) in [6.07, 6.45) is 3.27. The molecule has 0 aliphatic rings. The first-order valence-corrected chi connectivity index (χ1v) is 5.13. The molecular formula is C12H17FO. The van der Waals surface area contributed by atoms with E-state index in [-0.39, 0.29) is 5.82 Å². The van der Waals surface area contributed by atoms with E-state index in [0.717, 1.165) is 24.8 Å².